The fourth-order valence-corrected chi connectivity index (χ4v) is 2.68. The number of hydrogen-bond donors (Lipinski definition) is 1. The maximum atomic E-state index is 9.57. The molecule has 0 heterocycles. The van der Waals surface area contributed by atoms with Crippen molar-refractivity contribution in [3.8, 4) is 11.5 Å². The maximum absolute atomic E-state index is 9.57. The third-order valence-electron chi connectivity index (χ3n) is 2.79. The van der Waals surface area contributed by atoms with Gasteiger partial charge in [0.1, 0.15) is 11.5 Å². The van der Waals surface area contributed by atoms with Gasteiger partial charge >= 0.3 is 0 Å². The molecule has 1 N–H and O–H groups in total. The first-order valence-corrected chi connectivity index (χ1v) is 7.06. The highest BCUT2D eigenvalue weighted by molar-refractivity contribution is 9.10. The Bertz CT molecular complexity index is 597. The predicted molar refractivity (Wildman–Crippen MR) is 81.0 cm³/mol. The summed E-state index contributed by atoms with van der Waals surface area (Å²) in [6.07, 6.45) is -0.513. The zero-order valence-electron chi connectivity index (χ0n) is 10.7. The van der Waals surface area contributed by atoms with Gasteiger partial charge in [-0.3, -0.25) is 0 Å². The predicted octanol–water partition coefficient (Wildman–Crippen LogP) is 5.26. The van der Waals surface area contributed by atoms with E-state index in [0.717, 1.165) is 21.3 Å². The van der Waals surface area contributed by atoms with Gasteiger partial charge in [-0.25, -0.2) is 0 Å². The molecule has 2 aromatic rings. The highest BCUT2D eigenvalue weighted by Crippen LogP contribution is 2.32. The maximum Gasteiger partial charge on any atom is 0.130 e. The SMILES string of the molecule is Cc1cc(Cl)ccc1Oc1ccc([C@H](C)O)c(Br)c1. The first kappa shape index (κ1) is 14.4. The van der Waals surface area contributed by atoms with Gasteiger partial charge in [0.05, 0.1) is 6.10 Å². The number of ether oxygens (including phenoxy) is 1. The number of aryl methyl sites for hydroxylation is 1. The molecule has 0 aromatic heterocycles. The third kappa shape index (κ3) is 3.50. The number of aliphatic hydroxyl groups is 1. The standard InChI is InChI=1S/C15H14BrClO2/c1-9-7-11(17)3-6-15(9)19-12-4-5-13(10(2)18)14(16)8-12/h3-8,10,18H,1-2H3/t10-/m0/s1. The van der Waals surface area contributed by atoms with Gasteiger partial charge < -0.3 is 9.84 Å². The molecule has 2 nitrogen and oxygen atoms in total. The van der Waals surface area contributed by atoms with Gasteiger partial charge in [0, 0.05) is 9.50 Å². The average molecular weight is 342 g/mol. The van der Waals surface area contributed by atoms with Crippen molar-refractivity contribution in [2.75, 3.05) is 0 Å². The molecule has 4 heteroatoms. The summed E-state index contributed by atoms with van der Waals surface area (Å²) in [5.74, 6) is 1.47. The van der Waals surface area contributed by atoms with Crippen molar-refractivity contribution in [2.24, 2.45) is 0 Å². The fourth-order valence-electron chi connectivity index (χ4n) is 1.76. The van der Waals surface area contributed by atoms with Crippen molar-refractivity contribution in [3.63, 3.8) is 0 Å². The van der Waals surface area contributed by atoms with Crippen molar-refractivity contribution in [1.82, 2.24) is 0 Å². The Labute approximate surface area is 126 Å². The first-order chi connectivity index (χ1) is 8.97. The molecule has 19 heavy (non-hydrogen) atoms. The van der Waals surface area contributed by atoms with E-state index in [1.165, 1.54) is 0 Å². The molecule has 0 unspecified atom stereocenters. The zero-order valence-corrected chi connectivity index (χ0v) is 13.0. The lowest BCUT2D eigenvalue weighted by molar-refractivity contribution is 0.198. The Morgan fingerprint density at radius 2 is 1.95 bits per heavy atom. The summed E-state index contributed by atoms with van der Waals surface area (Å²) in [7, 11) is 0. The van der Waals surface area contributed by atoms with Crippen molar-refractivity contribution in [1.29, 1.82) is 0 Å². The summed E-state index contributed by atoms with van der Waals surface area (Å²) in [5, 5.41) is 10.3. The van der Waals surface area contributed by atoms with E-state index in [9.17, 15) is 5.11 Å². The lowest BCUT2D eigenvalue weighted by Crippen LogP contribution is -1.94. The minimum atomic E-state index is -0.513. The van der Waals surface area contributed by atoms with Crippen LogP contribution in [0.3, 0.4) is 0 Å². The second-order valence-corrected chi connectivity index (χ2v) is 5.66. The number of halogens is 2. The summed E-state index contributed by atoms with van der Waals surface area (Å²) >= 11 is 9.34. The van der Waals surface area contributed by atoms with Crippen molar-refractivity contribution in [2.45, 2.75) is 20.0 Å². The molecule has 100 valence electrons. The van der Waals surface area contributed by atoms with E-state index < -0.39 is 6.10 Å². The van der Waals surface area contributed by atoms with Crippen LogP contribution in [0.5, 0.6) is 11.5 Å². The first-order valence-electron chi connectivity index (χ1n) is 5.89. The molecule has 0 radical (unpaired) electrons. The van der Waals surface area contributed by atoms with Crippen LogP contribution in [0.25, 0.3) is 0 Å². The van der Waals surface area contributed by atoms with Crippen LogP contribution in [-0.4, -0.2) is 5.11 Å². The van der Waals surface area contributed by atoms with E-state index in [-0.39, 0.29) is 0 Å². The van der Waals surface area contributed by atoms with Crippen molar-refractivity contribution < 1.29 is 9.84 Å². The molecular formula is C15H14BrClO2. The van der Waals surface area contributed by atoms with Crippen LogP contribution >= 0.6 is 27.5 Å². The highest BCUT2D eigenvalue weighted by atomic mass is 79.9. The number of aliphatic hydroxyl groups excluding tert-OH is 1. The summed E-state index contributed by atoms with van der Waals surface area (Å²) in [6, 6.07) is 11.0. The molecule has 0 aliphatic carbocycles. The van der Waals surface area contributed by atoms with E-state index in [4.69, 9.17) is 16.3 Å². The number of hydrogen-bond acceptors (Lipinski definition) is 2. The van der Waals surface area contributed by atoms with Crippen LogP contribution in [0, 0.1) is 6.92 Å². The van der Waals surface area contributed by atoms with Crippen LogP contribution in [-0.2, 0) is 0 Å². The second kappa shape index (κ2) is 5.95. The molecule has 0 saturated carbocycles. The summed E-state index contributed by atoms with van der Waals surface area (Å²) < 4.78 is 6.63. The normalized spacial score (nSPS) is 12.3. The van der Waals surface area contributed by atoms with Crippen LogP contribution < -0.4 is 4.74 Å². The largest absolute Gasteiger partial charge is 0.457 e. The minimum absolute atomic E-state index is 0.513. The molecular weight excluding hydrogens is 328 g/mol. The van der Waals surface area contributed by atoms with Gasteiger partial charge in [0.2, 0.25) is 0 Å². The lowest BCUT2D eigenvalue weighted by Gasteiger charge is -2.12. The molecule has 2 aromatic carbocycles. The van der Waals surface area contributed by atoms with E-state index in [1.807, 2.05) is 37.3 Å². The van der Waals surface area contributed by atoms with Gasteiger partial charge in [-0.05, 0) is 55.3 Å². The number of rotatable bonds is 3. The van der Waals surface area contributed by atoms with E-state index >= 15 is 0 Å². The zero-order chi connectivity index (χ0) is 14.0. The molecule has 0 fully saturated rings. The summed E-state index contributed by atoms with van der Waals surface area (Å²) in [4.78, 5) is 0. The lowest BCUT2D eigenvalue weighted by atomic mass is 10.1. The summed E-state index contributed by atoms with van der Waals surface area (Å²) in [5.41, 5.74) is 1.81. The Morgan fingerprint density at radius 1 is 1.21 bits per heavy atom. The molecule has 0 amide bonds. The molecule has 0 bridgehead atoms. The highest BCUT2D eigenvalue weighted by Gasteiger charge is 2.08. The molecule has 0 aliphatic heterocycles. The molecule has 0 aliphatic rings. The Kier molecular flexibility index (Phi) is 4.50. The fraction of sp³-hybridized carbons (Fsp3) is 0.200. The van der Waals surface area contributed by atoms with E-state index in [0.29, 0.717) is 10.8 Å². The van der Waals surface area contributed by atoms with Gasteiger partial charge in [-0.15, -0.1) is 0 Å². The van der Waals surface area contributed by atoms with Crippen LogP contribution in [0.4, 0.5) is 0 Å². The molecule has 2 rings (SSSR count). The van der Waals surface area contributed by atoms with Crippen LogP contribution in [0.1, 0.15) is 24.2 Å². The quantitative estimate of drug-likeness (QED) is 0.825. The average Bonchev–Trinajstić information content (AvgIpc) is 2.32. The summed E-state index contributed by atoms with van der Waals surface area (Å²) in [6.45, 7) is 3.67. The van der Waals surface area contributed by atoms with E-state index in [2.05, 4.69) is 15.9 Å². The monoisotopic (exact) mass is 340 g/mol. The van der Waals surface area contributed by atoms with Crippen LogP contribution in [0.15, 0.2) is 40.9 Å². The molecule has 0 saturated heterocycles. The Morgan fingerprint density at radius 3 is 2.53 bits per heavy atom. The topological polar surface area (TPSA) is 29.5 Å². The molecule has 0 spiro atoms. The van der Waals surface area contributed by atoms with Gasteiger partial charge in [-0.2, -0.15) is 0 Å². The Hall–Kier alpha value is -1.03. The Balaban J connectivity index is 2.26. The van der Waals surface area contributed by atoms with E-state index in [1.54, 1.807) is 13.0 Å². The smallest absolute Gasteiger partial charge is 0.130 e. The third-order valence-corrected chi connectivity index (χ3v) is 3.71. The molecule has 1 atom stereocenters. The van der Waals surface area contributed by atoms with Gasteiger partial charge in [0.25, 0.3) is 0 Å². The van der Waals surface area contributed by atoms with Crippen molar-refractivity contribution in [3.05, 3.63) is 57.0 Å². The van der Waals surface area contributed by atoms with Gasteiger partial charge in [0.15, 0.2) is 0 Å². The van der Waals surface area contributed by atoms with Crippen molar-refractivity contribution >= 4 is 27.5 Å². The van der Waals surface area contributed by atoms with Crippen LogP contribution in [0.2, 0.25) is 5.02 Å². The number of benzene rings is 2. The van der Waals surface area contributed by atoms with Gasteiger partial charge in [-0.1, -0.05) is 33.6 Å². The minimum Gasteiger partial charge on any atom is -0.457 e. The second-order valence-electron chi connectivity index (χ2n) is 4.37.